The zero-order valence-electron chi connectivity index (χ0n) is 12.2. The van der Waals surface area contributed by atoms with Gasteiger partial charge in [-0.25, -0.2) is 0 Å². The molecule has 0 unspecified atom stereocenters. The van der Waals surface area contributed by atoms with E-state index in [1.165, 1.54) is 64.2 Å². The van der Waals surface area contributed by atoms with Gasteiger partial charge in [0.15, 0.2) is 0 Å². The van der Waals surface area contributed by atoms with Crippen LogP contribution in [0, 0.1) is 11.8 Å². The van der Waals surface area contributed by atoms with E-state index >= 15 is 0 Å². The van der Waals surface area contributed by atoms with Crippen LogP contribution in [0.3, 0.4) is 0 Å². The van der Waals surface area contributed by atoms with E-state index in [2.05, 4.69) is 27.7 Å². The van der Waals surface area contributed by atoms with Crippen molar-refractivity contribution in [2.75, 3.05) is 0 Å². The minimum absolute atomic E-state index is 0.889. The zero-order valence-corrected chi connectivity index (χ0v) is 12.2. The average molecular weight is 226 g/mol. The summed E-state index contributed by atoms with van der Waals surface area (Å²) in [5, 5.41) is 0. The Bertz CT molecular complexity index is 116. The Morgan fingerprint density at radius 2 is 1.12 bits per heavy atom. The first-order valence-corrected chi connectivity index (χ1v) is 7.70. The fourth-order valence-corrected chi connectivity index (χ4v) is 2.37. The molecule has 0 aromatic carbocycles. The van der Waals surface area contributed by atoms with E-state index in [1.807, 2.05) is 0 Å². The second kappa shape index (κ2) is 11.5. The second-order valence-corrected chi connectivity index (χ2v) is 5.83. The number of hydrogen-bond donors (Lipinski definition) is 0. The summed E-state index contributed by atoms with van der Waals surface area (Å²) in [6, 6.07) is 0. The average Bonchev–Trinajstić information content (AvgIpc) is 2.25. The highest BCUT2D eigenvalue weighted by atomic mass is 14.1. The maximum atomic E-state index is 2.36. The molecule has 0 bridgehead atoms. The Labute approximate surface area is 104 Å². The topological polar surface area (TPSA) is 0 Å². The van der Waals surface area contributed by atoms with Crippen LogP contribution in [0.1, 0.15) is 91.9 Å². The predicted molar refractivity (Wildman–Crippen MR) is 75.8 cm³/mol. The van der Waals surface area contributed by atoms with Gasteiger partial charge in [0.05, 0.1) is 0 Å². The molecule has 0 aliphatic carbocycles. The molecule has 0 rings (SSSR count). The molecule has 0 heteroatoms. The number of unbranched alkanes of at least 4 members (excludes halogenated alkanes) is 4. The van der Waals surface area contributed by atoms with Crippen LogP contribution < -0.4 is 0 Å². The number of hydrogen-bond acceptors (Lipinski definition) is 0. The maximum absolute atomic E-state index is 2.36. The smallest absolute Gasteiger partial charge is 0.0414 e. The molecule has 0 heterocycles. The van der Waals surface area contributed by atoms with E-state index in [9.17, 15) is 0 Å². The van der Waals surface area contributed by atoms with Crippen molar-refractivity contribution >= 4 is 0 Å². The monoisotopic (exact) mass is 226 g/mol. The first-order valence-electron chi connectivity index (χ1n) is 7.70. The molecular weight excluding hydrogens is 192 g/mol. The predicted octanol–water partition coefficient (Wildman–Crippen LogP) is 6.20. The molecule has 0 saturated heterocycles. The van der Waals surface area contributed by atoms with Crippen molar-refractivity contribution < 1.29 is 0 Å². The van der Waals surface area contributed by atoms with E-state index in [0.717, 1.165) is 11.8 Å². The quantitative estimate of drug-likeness (QED) is 0.368. The van der Waals surface area contributed by atoms with Crippen LogP contribution in [0.25, 0.3) is 0 Å². The lowest BCUT2D eigenvalue weighted by molar-refractivity contribution is 0.355. The van der Waals surface area contributed by atoms with Crippen molar-refractivity contribution in [3.8, 4) is 0 Å². The highest BCUT2D eigenvalue weighted by Crippen LogP contribution is 2.24. The van der Waals surface area contributed by atoms with E-state index in [4.69, 9.17) is 0 Å². The molecule has 0 atom stereocenters. The molecule has 0 radical (unpaired) electrons. The van der Waals surface area contributed by atoms with Crippen molar-refractivity contribution in [2.24, 2.45) is 11.8 Å². The van der Waals surface area contributed by atoms with Crippen molar-refractivity contribution in [2.45, 2.75) is 91.9 Å². The lowest BCUT2D eigenvalue weighted by Crippen LogP contribution is -2.03. The van der Waals surface area contributed by atoms with E-state index < -0.39 is 0 Å². The van der Waals surface area contributed by atoms with Gasteiger partial charge in [0, 0.05) is 0 Å². The van der Waals surface area contributed by atoms with Gasteiger partial charge in [0.2, 0.25) is 0 Å². The SMILES string of the molecule is CCCCCC(CCCCC)CCC(C)C. The van der Waals surface area contributed by atoms with Crippen LogP contribution in [0.15, 0.2) is 0 Å². The summed E-state index contributed by atoms with van der Waals surface area (Å²) < 4.78 is 0. The van der Waals surface area contributed by atoms with E-state index in [1.54, 1.807) is 0 Å². The Kier molecular flexibility index (Phi) is 11.5. The lowest BCUT2D eigenvalue weighted by Gasteiger charge is -2.17. The van der Waals surface area contributed by atoms with Crippen molar-refractivity contribution in [1.29, 1.82) is 0 Å². The molecule has 0 amide bonds. The first kappa shape index (κ1) is 16.0. The molecule has 0 fully saturated rings. The molecule has 98 valence electrons. The minimum Gasteiger partial charge on any atom is -0.0654 e. The van der Waals surface area contributed by atoms with Crippen LogP contribution in [0.5, 0.6) is 0 Å². The third-order valence-corrected chi connectivity index (χ3v) is 3.58. The van der Waals surface area contributed by atoms with Gasteiger partial charge in [-0.2, -0.15) is 0 Å². The normalized spacial score (nSPS) is 11.6. The third-order valence-electron chi connectivity index (χ3n) is 3.58. The van der Waals surface area contributed by atoms with Crippen molar-refractivity contribution in [3.05, 3.63) is 0 Å². The van der Waals surface area contributed by atoms with Crippen LogP contribution in [0.2, 0.25) is 0 Å². The van der Waals surface area contributed by atoms with E-state index in [0.29, 0.717) is 0 Å². The molecule has 16 heavy (non-hydrogen) atoms. The van der Waals surface area contributed by atoms with Crippen molar-refractivity contribution in [3.63, 3.8) is 0 Å². The summed E-state index contributed by atoms with van der Waals surface area (Å²) in [5.41, 5.74) is 0. The van der Waals surface area contributed by atoms with Crippen LogP contribution >= 0.6 is 0 Å². The van der Waals surface area contributed by atoms with Crippen LogP contribution in [-0.2, 0) is 0 Å². The fraction of sp³-hybridized carbons (Fsp3) is 1.00. The Morgan fingerprint density at radius 3 is 1.50 bits per heavy atom. The van der Waals surface area contributed by atoms with Crippen molar-refractivity contribution in [1.82, 2.24) is 0 Å². The zero-order chi connectivity index (χ0) is 12.2. The molecule has 0 aromatic rings. The fourth-order valence-electron chi connectivity index (χ4n) is 2.37. The Balaban J connectivity index is 3.67. The Hall–Kier alpha value is 0. The summed E-state index contributed by atoms with van der Waals surface area (Å²) in [4.78, 5) is 0. The molecule has 0 saturated carbocycles. The lowest BCUT2D eigenvalue weighted by atomic mass is 9.89. The molecule has 0 spiro atoms. The summed E-state index contributed by atoms with van der Waals surface area (Å²) in [7, 11) is 0. The van der Waals surface area contributed by atoms with Gasteiger partial charge in [-0.05, 0) is 11.8 Å². The maximum Gasteiger partial charge on any atom is -0.0414 e. The third kappa shape index (κ3) is 10.5. The van der Waals surface area contributed by atoms with Gasteiger partial charge in [0.25, 0.3) is 0 Å². The second-order valence-electron chi connectivity index (χ2n) is 5.83. The molecule has 0 nitrogen and oxygen atoms in total. The van der Waals surface area contributed by atoms with Gasteiger partial charge in [-0.1, -0.05) is 91.9 Å². The highest BCUT2D eigenvalue weighted by molar-refractivity contribution is 4.62. The number of rotatable bonds is 11. The first-order chi connectivity index (χ1) is 7.70. The summed E-state index contributed by atoms with van der Waals surface area (Å²) in [6.45, 7) is 9.32. The van der Waals surface area contributed by atoms with Gasteiger partial charge in [-0.3, -0.25) is 0 Å². The molecule has 0 N–H and O–H groups in total. The molecule has 0 aromatic heterocycles. The van der Waals surface area contributed by atoms with Gasteiger partial charge < -0.3 is 0 Å². The van der Waals surface area contributed by atoms with E-state index in [-0.39, 0.29) is 0 Å². The summed E-state index contributed by atoms with van der Waals surface area (Å²) in [6.07, 6.45) is 14.4. The largest absolute Gasteiger partial charge is 0.0654 e. The van der Waals surface area contributed by atoms with Crippen LogP contribution in [0.4, 0.5) is 0 Å². The minimum atomic E-state index is 0.889. The molecule has 0 aliphatic heterocycles. The van der Waals surface area contributed by atoms with Gasteiger partial charge in [0.1, 0.15) is 0 Å². The molecule has 0 aliphatic rings. The highest BCUT2D eigenvalue weighted by Gasteiger charge is 2.09. The molecular formula is C16H34. The summed E-state index contributed by atoms with van der Waals surface area (Å²) >= 11 is 0. The van der Waals surface area contributed by atoms with Gasteiger partial charge >= 0.3 is 0 Å². The Morgan fingerprint density at radius 1 is 0.625 bits per heavy atom. The van der Waals surface area contributed by atoms with Gasteiger partial charge in [-0.15, -0.1) is 0 Å². The standard InChI is InChI=1S/C16H34/c1-5-7-9-11-16(12-10-8-6-2)14-13-15(3)4/h15-16H,5-14H2,1-4H3. The summed E-state index contributed by atoms with van der Waals surface area (Å²) in [5.74, 6) is 1.92. The van der Waals surface area contributed by atoms with Crippen LogP contribution in [-0.4, -0.2) is 0 Å².